The molecule has 0 aliphatic carbocycles. The summed E-state index contributed by atoms with van der Waals surface area (Å²) in [5.74, 6) is 0.234. The first-order chi connectivity index (χ1) is 21.6. The largest absolute Gasteiger partial charge is 0.528 e. The van der Waals surface area contributed by atoms with Gasteiger partial charge in [0.05, 0.1) is 29.8 Å². The first-order valence-corrected chi connectivity index (χ1v) is 15.4. The fourth-order valence-corrected chi connectivity index (χ4v) is 5.45. The molecule has 1 heterocycles. The molecule has 1 aliphatic rings. The van der Waals surface area contributed by atoms with E-state index in [-0.39, 0.29) is 25.2 Å². The van der Waals surface area contributed by atoms with Crippen molar-refractivity contribution in [1.29, 1.82) is 0 Å². The summed E-state index contributed by atoms with van der Waals surface area (Å²) in [6, 6.07) is 29.1. The smallest absolute Gasteiger partial charge is 0.490 e. The van der Waals surface area contributed by atoms with Crippen molar-refractivity contribution in [3.63, 3.8) is 0 Å². The molecule has 0 bridgehead atoms. The standard InChI is InChI=1S/C36H38ClNO7/c1-36(2,3)44-35(40)45-38-19-18-30(33(23-38)43-24-25-12-13-26-8-4-5-9-28(26)22-25)27-14-16-29(17-15-27)41-20-21-42-34(39)31-10-6-7-11-32(31)37/h4-17,22,30,33H,18-21,23-24H2,1-3H3. The highest BCUT2D eigenvalue weighted by molar-refractivity contribution is 6.33. The van der Waals surface area contributed by atoms with Crippen LogP contribution < -0.4 is 4.74 Å². The number of hydroxylamine groups is 2. The molecule has 1 fully saturated rings. The number of fused-ring (bicyclic) bond motifs is 1. The van der Waals surface area contributed by atoms with Crippen LogP contribution in [0.25, 0.3) is 10.8 Å². The van der Waals surface area contributed by atoms with Crippen LogP contribution in [0, 0.1) is 0 Å². The summed E-state index contributed by atoms with van der Waals surface area (Å²) in [7, 11) is 0. The maximum Gasteiger partial charge on any atom is 0.528 e. The third kappa shape index (κ3) is 9.20. The maximum absolute atomic E-state index is 12.4. The Bertz CT molecular complexity index is 1600. The molecule has 9 heteroatoms. The van der Waals surface area contributed by atoms with Crippen LogP contribution in [-0.4, -0.2) is 55.2 Å². The normalized spacial score (nSPS) is 17.1. The van der Waals surface area contributed by atoms with Crippen molar-refractivity contribution in [2.75, 3.05) is 26.3 Å². The van der Waals surface area contributed by atoms with Crippen molar-refractivity contribution < 1.29 is 33.4 Å². The van der Waals surface area contributed by atoms with Gasteiger partial charge < -0.3 is 23.8 Å². The number of hydrogen-bond donors (Lipinski definition) is 0. The number of piperidine rings is 1. The molecule has 0 amide bonds. The van der Waals surface area contributed by atoms with E-state index in [0.29, 0.717) is 42.5 Å². The second-order valence-electron chi connectivity index (χ2n) is 11.9. The zero-order valence-electron chi connectivity index (χ0n) is 25.7. The van der Waals surface area contributed by atoms with Crippen LogP contribution in [0.2, 0.25) is 5.02 Å². The molecule has 4 aromatic carbocycles. The molecule has 0 aromatic heterocycles. The molecule has 8 nitrogen and oxygen atoms in total. The minimum atomic E-state index is -0.728. The lowest BCUT2D eigenvalue weighted by Gasteiger charge is -2.37. The van der Waals surface area contributed by atoms with Gasteiger partial charge in [0.2, 0.25) is 0 Å². The van der Waals surface area contributed by atoms with E-state index in [1.54, 1.807) is 50.1 Å². The van der Waals surface area contributed by atoms with Gasteiger partial charge in [0.15, 0.2) is 0 Å². The molecule has 2 atom stereocenters. The van der Waals surface area contributed by atoms with Gasteiger partial charge in [0.25, 0.3) is 0 Å². The third-order valence-electron chi connectivity index (χ3n) is 7.38. The Kier molecular flexibility index (Phi) is 10.6. The predicted molar refractivity (Wildman–Crippen MR) is 172 cm³/mol. The number of esters is 1. The van der Waals surface area contributed by atoms with E-state index in [0.717, 1.165) is 16.5 Å². The van der Waals surface area contributed by atoms with Crippen molar-refractivity contribution >= 4 is 34.5 Å². The van der Waals surface area contributed by atoms with Crippen molar-refractivity contribution in [3.8, 4) is 5.75 Å². The number of rotatable bonds is 10. The predicted octanol–water partition coefficient (Wildman–Crippen LogP) is 7.97. The summed E-state index contributed by atoms with van der Waals surface area (Å²) < 4.78 is 23.0. The number of hydrogen-bond acceptors (Lipinski definition) is 8. The number of carbonyl (C=O) groups is 2. The van der Waals surface area contributed by atoms with Crippen LogP contribution in [0.3, 0.4) is 0 Å². The minimum Gasteiger partial charge on any atom is -0.490 e. The van der Waals surface area contributed by atoms with Crippen LogP contribution in [0.4, 0.5) is 4.79 Å². The van der Waals surface area contributed by atoms with E-state index < -0.39 is 17.7 Å². The van der Waals surface area contributed by atoms with Crippen LogP contribution >= 0.6 is 11.6 Å². The van der Waals surface area contributed by atoms with Crippen molar-refractivity contribution in [3.05, 3.63) is 113 Å². The fraction of sp³-hybridized carbons (Fsp3) is 0.333. The number of carbonyl (C=O) groups excluding carboxylic acids is 2. The van der Waals surface area contributed by atoms with Crippen LogP contribution in [0.5, 0.6) is 5.75 Å². The molecule has 1 saturated heterocycles. The molecule has 45 heavy (non-hydrogen) atoms. The van der Waals surface area contributed by atoms with Crippen LogP contribution in [0.1, 0.15) is 54.6 Å². The summed E-state index contributed by atoms with van der Waals surface area (Å²) in [6.45, 7) is 7.05. The second-order valence-corrected chi connectivity index (χ2v) is 12.3. The van der Waals surface area contributed by atoms with Crippen molar-refractivity contribution in [2.45, 2.75) is 51.4 Å². The Labute approximate surface area is 268 Å². The van der Waals surface area contributed by atoms with Gasteiger partial charge in [0, 0.05) is 12.5 Å². The summed E-state index contributed by atoms with van der Waals surface area (Å²) in [5, 5.41) is 4.30. The van der Waals surface area contributed by atoms with Gasteiger partial charge in [-0.15, -0.1) is 5.06 Å². The Hall–Kier alpha value is -4.11. The highest BCUT2D eigenvalue weighted by Gasteiger charge is 2.34. The summed E-state index contributed by atoms with van der Waals surface area (Å²) in [6.07, 6.45) is -0.263. The summed E-state index contributed by atoms with van der Waals surface area (Å²) in [4.78, 5) is 30.2. The molecule has 0 N–H and O–H groups in total. The van der Waals surface area contributed by atoms with E-state index in [4.69, 9.17) is 35.4 Å². The van der Waals surface area contributed by atoms with E-state index in [2.05, 4.69) is 30.3 Å². The highest BCUT2D eigenvalue weighted by Crippen LogP contribution is 2.33. The SMILES string of the molecule is CC(C)(C)OC(=O)ON1CCC(c2ccc(OCCOC(=O)c3ccccc3Cl)cc2)C(OCc2ccc3ccccc3c2)C1. The lowest BCUT2D eigenvalue weighted by atomic mass is 9.87. The van der Waals surface area contributed by atoms with E-state index in [9.17, 15) is 9.59 Å². The number of nitrogens with zero attached hydrogens (tertiary/aromatic N) is 1. The third-order valence-corrected chi connectivity index (χ3v) is 7.71. The molecule has 0 radical (unpaired) electrons. The van der Waals surface area contributed by atoms with Crippen LogP contribution in [0.15, 0.2) is 91.0 Å². The average Bonchev–Trinajstić information content (AvgIpc) is 3.01. The Morgan fingerprint density at radius 3 is 2.38 bits per heavy atom. The molecule has 0 spiro atoms. The van der Waals surface area contributed by atoms with E-state index >= 15 is 0 Å². The van der Waals surface area contributed by atoms with Gasteiger partial charge in [0.1, 0.15) is 24.6 Å². The first kappa shape index (κ1) is 32.3. The molecule has 2 unspecified atom stereocenters. The molecule has 5 rings (SSSR count). The van der Waals surface area contributed by atoms with Gasteiger partial charge in [-0.2, -0.15) is 0 Å². The lowest BCUT2D eigenvalue weighted by Crippen LogP contribution is -2.45. The zero-order chi connectivity index (χ0) is 31.8. The maximum atomic E-state index is 12.4. The van der Waals surface area contributed by atoms with Gasteiger partial charge in [-0.3, -0.25) is 0 Å². The van der Waals surface area contributed by atoms with Crippen LogP contribution in [-0.2, 0) is 25.7 Å². The number of halogens is 1. The van der Waals surface area contributed by atoms with Gasteiger partial charge in [-0.05, 0) is 79.4 Å². The Balaban J connectivity index is 1.20. The summed E-state index contributed by atoms with van der Waals surface area (Å²) >= 11 is 6.07. The topological polar surface area (TPSA) is 83.5 Å². The van der Waals surface area contributed by atoms with Gasteiger partial charge in [-0.1, -0.05) is 72.3 Å². The Morgan fingerprint density at radius 2 is 1.62 bits per heavy atom. The molecular weight excluding hydrogens is 594 g/mol. The average molecular weight is 632 g/mol. The fourth-order valence-electron chi connectivity index (χ4n) is 5.24. The molecule has 0 saturated carbocycles. The molecule has 1 aliphatic heterocycles. The van der Waals surface area contributed by atoms with Gasteiger partial charge in [-0.25, -0.2) is 9.59 Å². The van der Waals surface area contributed by atoms with Crippen molar-refractivity contribution in [2.24, 2.45) is 0 Å². The first-order valence-electron chi connectivity index (χ1n) is 15.0. The van der Waals surface area contributed by atoms with Gasteiger partial charge >= 0.3 is 12.1 Å². The van der Waals surface area contributed by atoms with Crippen molar-refractivity contribution in [1.82, 2.24) is 5.06 Å². The highest BCUT2D eigenvalue weighted by atomic mass is 35.5. The quantitative estimate of drug-likeness (QED) is 0.129. The monoisotopic (exact) mass is 631 g/mol. The lowest BCUT2D eigenvalue weighted by molar-refractivity contribution is -0.179. The van der Waals surface area contributed by atoms with E-state index in [1.807, 2.05) is 36.4 Å². The minimum absolute atomic E-state index is 0.0644. The Morgan fingerprint density at radius 1 is 0.889 bits per heavy atom. The molecular formula is C36H38ClNO7. The number of benzene rings is 4. The molecule has 4 aromatic rings. The number of ether oxygens (including phenoxy) is 4. The zero-order valence-corrected chi connectivity index (χ0v) is 26.5. The summed E-state index contributed by atoms with van der Waals surface area (Å²) in [5.41, 5.74) is 1.83. The van der Waals surface area contributed by atoms with E-state index in [1.165, 1.54) is 5.39 Å². The second kappa shape index (κ2) is 14.8. The molecule has 236 valence electrons.